The fourth-order valence-corrected chi connectivity index (χ4v) is 3.96. The second-order valence-corrected chi connectivity index (χ2v) is 6.90. The zero-order chi connectivity index (χ0) is 16.6. The van der Waals surface area contributed by atoms with E-state index in [1.807, 2.05) is 6.92 Å². The summed E-state index contributed by atoms with van der Waals surface area (Å²) in [5, 5.41) is 8.95. The van der Waals surface area contributed by atoms with Crippen molar-refractivity contribution in [2.24, 2.45) is 0 Å². The van der Waals surface area contributed by atoms with Gasteiger partial charge in [-0.2, -0.15) is 0 Å². The SMILES string of the molecule is CCc1cc2c(cc1S(=O)(=O)c1ccccc1)OC(C(=O)O)O2. The molecule has 0 radical (unpaired) electrons. The van der Waals surface area contributed by atoms with Crippen LogP contribution in [0.2, 0.25) is 0 Å². The number of aliphatic carboxylic acids is 1. The van der Waals surface area contributed by atoms with E-state index in [4.69, 9.17) is 14.6 Å². The van der Waals surface area contributed by atoms with Gasteiger partial charge in [0.15, 0.2) is 11.5 Å². The van der Waals surface area contributed by atoms with E-state index in [0.717, 1.165) is 0 Å². The van der Waals surface area contributed by atoms with Gasteiger partial charge in [-0.05, 0) is 30.2 Å². The third-order valence-electron chi connectivity index (χ3n) is 3.52. The zero-order valence-electron chi connectivity index (χ0n) is 12.2. The molecule has 120 valence electrons. The maximum atomic E-state index is 12.8. The Morgan fingerprint density at radius 3 is 2.30 bits per heavy atom. The molecule has 0 amide bonds. The van der Waals surface area contributed by atoms with Crippen LogP contribution < -0.4 is 9.47 Å². The van der Waals surface area contributed by atoms with Gasteiger partial charge in [-0.3, -0.25) is 0 Å². The van der Waals surface area contributed by atoms with E-state index in [1.54, 1.807) is 18.2 Å². The van der Waals surface area contributed by atoms with Crippen molar-refractivity contribution in [3.05, 3.63) is 48.0 Å². The number of hydrogen-bond acceptors (Lipinski definition) is 5. The minimum absolute atomic E-state index is 0.0968. The highest BCUT2D eigenvalue weighted by Crippen LogP contribution is 2.40. The van der Waals surface area contributed by atoms with E-state index in [1.165, 1.54) is 24.3 Å². The third-order valence-corrected chi connectivity index (χ3v) is 5.37. The van der Waals surface area contributed by atoms with Crippen LogP contribution in [-0.2, 0) is 21.1 Å². The first-order valence-electron chi connectivity index (χ1n) is 6.96. The number of carbonyl (C=O) groups is 1. The first-order valence-corrected chi connectivity index (χ1v) is 8.45. The molecule has 0 aromatic heterocycles. The summed E-state index contributed by atoms with van der Waals surface area (Å²) < 4.78 is 36.0. The van der Waals surface area contributed by atoms with Gasteiger partial charge in [0.1, 0.15) is 0 Å². The van der Waals surface area contributed by atoms with Crippen LogP contribution in [0.1, 0.15) is 12.5 Å². The molecule has 3 rings (SSSR count). The second kappa shape index (κ2) is 5.58. The van der Waals surface area contributed by atoms with Crippen LogP contribution >= 0.6 is 0 Å². The Morgan fingerprint density at radius 1 is 1.13 bits per heavy atom. The second-order valence-electron chi connectivity index (χ2n) is 4.98. The highest BCUT2D eigenvalue weighted by Gasteiger charge is 2.33. The molecule has 6 nitrogen and oxygen atoms in total. The summed E-state index contributed by atoms with van der Waals surface area (Å²) >= 11 is 0. The molecular formula is C16H14O6S. The molecule has 0 aliphatic carbocycles. The molecule has 0 fully saturated rings. The van der Waals surface area contributed by atoms with Crippen molar-refractivity contribution in [1.82, 2.24) is 0 Å². The summed E-state index contributed by atoms with van der Waals surface area (Å²) in [7, 11) is -3.72. The van der Waals surface area contributed by atoms with Crippen molar-refractivity contribution in [1.29, 1.82) is 0 Å². The molecule has 0 spiro atoms. The van der Waals surface area contributed by atoms with Crippen LogP contribution in [-0.4, -0.2) is 25.8 Å². The predicted molar refractivity (Wildman–Crippen MR) is 80.4 cm³/mol. The third kappa shape index (κ3) is 2.63. The van der Waals surface area contributed by atoms with Gasteiger partial charge in [-0.1, -0.05) is 25.1 Å². The Morgan fingerprint density at radius 2 is 1.74 bits per heavy atom. The largest absolute Gasteiger partial charge is 0.476 e. The van der Waals surface area contributed by atoms with E-state index in [-0.39, 0.29) is 21.3 Å². The van der Waals surface area contributed by atoms with Gasteiger partial charge in [0.05, 0.1) is 9.79 Å². The van der Waals surface area contributed by atoms with E-state index in [2.05, 4.69) is 0 Å². The van der Waals surface area contributed by atoms with Crippen molar-refractivity contribution in [3.63, 3.8) is 0 Å². The minimum atomic E-state index is -3.72. The van der Waals surface area contributed by atoms with Crippen molar-refractivity contribution >= 4 is 15.8 Å². The Bertz CT molecular complexity index is 858. The van der Waals surface area contributed by atoms with Crippen LogP contribution in [0.25, 0.3) is 0 Å². The number of benzene rings is 2. The minimum Gasteiger partial charge on any atom is -0.476 e. The van der Waals surface area contributed by atoms with Gasteiger partial charge in [0.2, 0.25) is 9.84 Å². The summed E-state index contributed by atoms with van der Waals surface area (Å²) in [6, 6.07) is 10.9. The fourth-order valence-electron chi connectivity index (χ4n) is 2.38. The quantitative estimate of drug-likeness (QED) is 0.922. The molecule has 23 heavy (non-hydrogen) atoms. The molecule has 0 saturated heterocycles. The highest BCUT2D eigenvalue weighted by molar-refractivity contribution is 7.91. The summed E-state index contributed by atoms with van der Waals surface area (Å²) in [6.07, 6.45) is -1.00. The number of carboxylic acids is 1. The van der Waals surface area contributed by atoms with Crippen molar-refractivity contribution < 1.29 is 27.8 Å². The first-order chi connectivity index (χ1) is 10.9. The average Bonchev–Trinajstić information content (AvgIpc) is 2.97. The number of carboxylic acid groups (broad SMARTS) is 1. The monoisotopic (exact) mass is 334 g/mol. The van der Waals surface area contributed by atoms with Gasteiger partial charge in [0, 0.05) is 6.07 Å². The number of rotatable bonds is 4. The summed E-state index contributed by atoms with van der Waals surface area (Å²) in [5.41, 5.74) is 0.544. The van der Waals surface area contributed by atoms with E-state index >= 15 is 0 Å². The average molecular weight is 334 g/mol. The van der Waals surface area contributed by atoms with Crippen LogP contribution in [0.15, 0.2) is 52.3 Å². The lowest BCUT2D eigenvalue weighted by atomic mass is 10.1. The van der Waals surface area contributed by atoms with Crippen LogP contribution in [0.3, 0.4) is 0 Å². The fraction of sp³-hybridized carbons (Fsp3) is 0.188. The highest BCUT2D eigenvalue weighted by atomic mass is 32.2. The van der Waals surface area contributed by atoms with Crippen LogP contribution in [0.4, 0.5) is 0 Å². The lowest BCUT2D eigenvalue weighted by Gasteiger charge is -2.10. The van der Waals surface area contributed by atoms with Crippen molar-refractivity contribution in [3.8, 4) is 11.5 Å². The number of ether oxygens (including phenoxy) is 2. The number of aryl methyl sites for hydroxylation is 1. The Hall–Kier alpha value is -2.54. The van der Waals surface area contributed by atoms with Gasteiger partial charge in [-0.15, -0.1) is 0 Å². The normalized spacial score (nSPS) is 16.3. The maximum absolute atomic E-state index is 12.8. The zero-order valence-corrected chi connectivity index (χ0v) is 13.0. The van der Waals surface area contributed by atoms with Gasteiger partial charge in [0.25, 0.3) is 0 Å². The Labute approximate surface area is 133 Å². The summed E-state index contributed by atoms with van der Waals surface area (Å²) in [6.45, 7) is 1.82. The molecular weight excluding hydrogens is 320 g/mol. The van der Waals surface area contributed by atoms with Crippen LogP contribution in [0, 0.1) is 0 Å². The van der Waals surface area contributed by atoms with Crippen molar-refractivity contribution in [2.45, 2.75) is 29.4 Å². The number of sulfone groups is 1. The molecule has 1 aliphatic heterocycles. The molecule has 1 heterocycles. The molecule has 2 aromatic rings. The van der Waals surface area contributed by atoms with Gasteiger partial charge < -0.3 is 14.6 Å². The topological polar surface area (TPSA) is 89.9 Å². The first kappa shape index (κ1) is 15.4. The molecule has 1 aliphatic rings. The molecule has 7 heteroatoms. The predicted octanol–water partition coefficient (Wildman–Crippen LogP) is 2.26. The molecule has 1 N–H and O–H groups in total. The smallest absolute Gasteiger partial charge is 0.387 e. The lowest BCUT2D eigenvalue weighted by Crippen LogP contribution is -2.28. The lowest BCUT2D eigenvalue weighted by molar-refractivity contribution is -0.154. The number of hydrogen-bond donors (Lipinski definition) is 1. The van der Waals surface area contributed by atoms with Gasteiger partial charge in [-0.25, -0.2) is 13.2 Å². The van der Waals surface area contributed by atoms with E-state index < -0.39 is 22.1 Å². The molecule has 1 atom stereocenters. The Kier molecular flexibility index (Phi) is 3.73. The molecule has 0 saturated carbocycles. The molecule has 1 unspecified atom stereocenters. The number of fused-ring (bicyclic) bond motifs is 1. The van der Waals surface area contributed by atoms with E-state index in [9.17, 15) is 13.2 Å². The summed E-state index contributed by atoms with van der Waals surface area (Å²) in [4.78, 5) is 11.2. The molecule has 2 aromatic carbocycles. The maximum Gasteiger partial charge on any atom is 0.387 e. The van der Waals surface area contributed by atoms with Crippen LogP contribution in [0.5, 0.6) is 11.5 Å². The molecule has 0 bridgehead atoms. The van der Waals surface area contributed by atoms with Gasteiger partial charge >= 0.3 is 12.3 Å². The van der Waals surface area contributed by atoms with E-state index in [0.29, 0.717) is 12.0 Å². The van der Waals surface area contributed by atoms with Crippen molar-refractivity contribution in [2.75, 3.05) is 0 Å². The standard InChI is InChI=1S/C16H14O6S/c1-2-10-8-12-13(22-16(21-12)15(17)18)9-14(10)23(19,20)11-6-4-3-5-7-11/h3-9,16H,2H2,1H3,(H,17,18). The Balaban J connectivity index is 2.11. The summed E-state index contributed by atoms with van der Waals surface area (Å²) in [5.74, 6) is -0.919.